The Morgan fingerprint density at radius 1 is 1.10 bits per heavy atom. The Labute approximate surface area is 228 Å². The fourth-order valence-electron chi connectivity index (χ4n) is 4.20. The van der Waals surface area contributed by atoms with Crippen LogP contribution in [0.3, 0.4) is 0 Å². The van der Waals surface area contributed by atoms with Gasteiger partial charge in [-0.15, -0.1) is 10.2 Å². The van der Waals surface area contributed by atoms with Crippen molar-refractivity contribution in [3.63, 3.8) is 0 Å². The molecule has 0 unspecified atom stereocenters. The molecular weight excluding hydrogens is 496 g/mol. The first-order valence-corrected chi connectivity index (χ1v) is 12.9. The zero-order valence-corrected chi connectivity index (χ0v) is 22.5. The summed E-state index contributed by atoms with van der Waals surface area (Å²) in [7, 11) is 0. The number of carbonyl (C=O) groups is 1. The minimum atomic E-state index is -0.561. The number of nitrogens with one attached hydrogen (secondary N) is 1. The van der Waals surface area contributed by atoms with E-state index < -0.39 is 11.7 Å². The second-order valence-corrected chi connectivity index (χ2v) is 10.1. The van der Waals surface area contributed by atoms with Gasteiger partial charge < -0.3 is 30.7 Å². The van der Waals surface area contributed by atoms with Crippen LogP contribution in [0.5, 0.6) is 5.75 Å². The van der Waals surface area contributed by atoms with Gasteiger partial charge in [-0.1, -0.05) is 18.1 Å². The molecule has 0 radical (unpaired) electrons. The van der Waals surface area contributed by atoms with Gasteiger partial charge in [0.1, 0.15) is 17.2 Å². The molecule has 204 valence electrons. The van der Waals surface area contributed by atoms with Gasteiger partial charge >= 0.3 is 6.09 Å². The Morgan fingerprint density at radius 2 is 1.82 bits per heavy atom. The fraction of sp³-hybridized carbons (Fsp3) is 0.393. The highest BCUT2D eigenvalue weighted by molar-refractivity contribution is 5.74. The van der Waals surface area contributed by atoms with Crippen molar-refractivity contribution < 1.29 is 14.6 Å². The van der Waals surface area contributed by atoms with Crippen LogP contribution in [0.15, 0.2) is 42.6 Å². The lowest BCUT2D eigenvalue weighted by atomic mass is 10.1. The van der Waals surface area contributed by atoms with Gasteiger partial charge in [0.25, 0.3) is 0 Å². The Balaban J connectivity index is 1.36. The average Bonchev–Trinajstić information content (AvgIpc) is 2.87. The maximum atomic E-state index is 11.8. The lowest BCUT2D eigenvalue weighted by Crippen LogP contribution is -2.37. The van der Waals surface area contributed by atoms with Gasteiger partial charge in [-0.2, -0.15) is 0 Å². The Kier molecular flexibility index (Phi) is 8.66. The number of nitrogen functional groups attached to an aromatic ring is 1. The van der Waals surface area contributed by atoms with E-state index in [-0.39, 0.29) is 12.3 Å². The highest BCUT2D eigenvalue weighted by atomic mass is 16.6. The summed E-state index contributed by atoms with van der Waals surface area (Å²) in [6.45, 7) is 8.71. The van der Waals surface area contributed by atoms with Gasteiger partial charge in [-0.25, -0.2) is 14.8 Å². The predicted octanol–water partition coefficient (Wildman–Crippen LogP) is 3.20. The topological polar surface area (TPSA) is 143 Å². The number of hydrogen-bond donors (Lipinski definition) is 3. The second-order valence-electron chi connectivity index (χ2n) is 10.1. The number of hydrogen-bond acceptors (Lipinski definition) is 10. The molecule has 4 N–H and O–H groups in total. The molecule has 1 aliphatic heterocycles. The number of amides is 1. The van der Waals surface area contributed by atoms with Crippen molar-refractivity contribution in [1.82, 2.24) is 25.5 Å². The monoisotopic (exact) mass is 530 g/mol. The van der Waals surface area contributed by atoms with Crippen LogP contribution in [0, 0.1) is 11.8 Å². The van der Waals surface area contributed by atoms with Gasteiger partial charge in [0.15, 0.2) is 5.82 Å². The third-order valence-electron chi connectivity index (χ3n) is 5.92. The van der Waals surface area contributed by atoms with Crippen molar-refractivity contribution >= 4 is 23.4 Å². The number of aromatic nitrogens is 4. The lowest BCUT2D eigenvalue weighted by Gasteiger charge is -2.32. The molecule has 1 aromatic carbocycles. The van der Waals surface area contributed by atoms with E-state index in [1.54, 1.807) is 39.1 Å². The quantitative estimate of drug-likeness (QED) is 0.430. The maximum absolute atomic E-state index is 11.8. The first-order valence-electron chi connectivity index (χ1n) is 12.9. The molecule has 0 bridgehead atoms. The van der Waals surface area contributed by atoms with Crippen molar-refractivity contribution in [2.45, 2.75) is 39.2 Å². The Bertz CT molecular complexity index is 1350. The molecule has 11 heteroatoms. The molecule has 39 heavy (non-hydrogen) atoms. The molecule has 2 aromatic heterocycles. The van der Waals surface area contributed by atoms with Gasteiger partial charge in [-0.05, 0) is 63.8 Å². The van der Waals surface area contributed by atoms with Crippen molar-refractivity contribution in [1.29, 1.82) is 0 Å². The molecule has 0 saturated carbocycles. The minimum Gasteiger partial charge on any atom is -0.507 e. The minimum absolute atomic E-state index is 0.140. The number of nitrogens with zero attached hydrogens (tertiary/aromatic N) is 6. The van der Waals surface area contributed by atoms with E-state index in [1.807, 2.05) is 24.3 Å². The number of para-hydroxylation sites is 1. The second kappa shape index (κ2) is 12.3. The van der Waals surface area contributed by atoms with Gasteiger partial charge in [0.2, 0.25) is 5.82 Å². The average molecular weight is 531 g/mol. The molecular formula is C28H34N8O3. The Hall–Kier alpha value is -4.59. The van der Waals surface area contributed by atoms with Crippen molar-refractivity contribution in [3.8, 4) is 28.8 Å². The predicted molar refractivity (Wildman–Crippen MR) is 150 cm³/mol. The van der Waals surface area contributed by atoms with E-state index in [9.17, 15) is 9.90 Å². The third-order valence-corrected chi connectivity index (χ3v) is 5.92. The number of ether oxygens (including phenoxy) is 1. The van der Waals surface area contributed by atoms with Gasteiger partial charge in [0.05, 0.1) is 17.9 Å². The van der Waals surface area contributed by atoms with Gasteiger partial charge in [0, 0.05) is 37.9 Å². The molecule has 1 aliphatic rings. The molecule has 3 aromatic rings. The third kappa shape index (κ3) is 7.70. The van der Waals surface area contributed by atoms with Crippen LogP contribution in [0.1, 0.15) is 39.4 Å². The summed E-state index contributed by atoms with van der Waals surface area (Å²) >= 11 is 0. The SMILES string of the molecule is CC(C)(C)OC(=O)NCC#Cc1nccc(N2CCCN(c3cc(-c4ccccc4O)nnc3N)CCC2)n1. The van der Waals surface area contributed by atoms with E-state index in [0.29, 0.717) is 22.9 Å². The van der Waals surface area contributed by atoms with Crippen molar-refractivity contribution in [2.75, 3.05) is 48.3 Å². The van der Waals surface area contributed by atoms with E-state index in [0.717, 1.165) is 50.5 Å². The standard InChI is InChI=1S/C28H34N8O3/c1-28(2,3)39-27(38)31-13-6-11-24-30-14-12-25(32-24)36-17-7-15-35(16-8-18-36)22-19-21(33-34-26(22)29)20-9-4-5-10-23(20)37/h4-5,9-10,12,14,19,37H,7-8,13,15-18H2,1-3H3,(H2,29,34)(H,31,38). The first kappa shape index (κ1) is 27.4. The number of anilines is 3. The number of phenols is 1. The molecule has 0 aliphatic carbocycles. The first-order chi connectivity index (χ1) is 18.7. The molecule has 3 heterocycles. The smallest absolute Gasteiger partial charge is 0.408 e. The number of phenolic OH excluding ortho intramolecular Hbond substituents is 1. The van der Waals surface area contributed by atoms with Crippen LogP contribution in [0.25, 0.3) is 11.3 Å². The number of benzene rings is 1. The highest BCUT2D eigenvalue weighted by Gasteiger charge is 2.19. The fourth-order valence-corrected chi connectivity index (χ4v) is 4.20. The van der Waals surface area contributed by atoms with Crippen molar-refractivity contribution in [2.24, 2.45) is 0 Å². The Morgan fingerprint density at radius 3 is 2.54 bits per heavy atom. The summed E-state index contributed by atoms with van der Waals surface area (Å²) in [6, 6.07) is 10.8. The summed E-state index contributed by atoms with van der Waals surface area (Å²) < 4.78 is 5.20. The van der Waals surface area contributed by atoms with Crippen LogP contribution in [-0.4, -0.2) is 69.7 Å². The van der Waals surface area contributed by atoms with Crippen LogP contribution < -0.4 is 20.9 Å². The molecule has 1 amide bonds. The van der Waals surface area contributed by atoms with Crippen LogP contribution >= 0.6 is 0 Å². The van der Waals surface area contributed by atoms with E-state index in [2.05, 4.69) is 47.1 Å². The van der Waals surface area contributed by atoms with Crippen LogP contribution in [0.2, 0.25) is 0 Å². The summed E-state index contributed by atoms with van der Waals surface area (Å²) in [4.78, 5) is 25.1. The molecule has 0 atom stereocenters. The zero-order valence-electron chi connectivity index (χ0n) is 22.5. The van der Waals surface area contributed by atoms with Crippen molar-refractivity contribution in [3.05, 3.63) is 48.4 Å². The zero-order chi connectivity index (χ0) is 27.8. The van der Waals surface area contributed by atoms with Gasteiger partial charge in [-0.3, -0.25) is 0 Å². The molecule has 1 saturated heterocycles. The number of nitrogens with two attached hydrogens (primary N) is 1. The number of rotatable bonds is 4. The molecule has 1 fully saturated rings. The summed E-state index contributed by atoms with van der Waals surface area (Å²) in [5.41, 5.74) is 7.66. The molecule has 11 nitrogen and oxygen atoms in total. The largest absolute Gasteiger partial charge is 0.507 e. The number of alkyl carbamates (subject to hydrolysis) is 1. The normalized spacial score (nSPS) is 14.0. The van der Waals surface area contributed by atoms with E-state index in [4.69, 9.17) is 10.5 Å². The highest BCUT2D eigenvalue weighted by Crippen LogP contribution is 2.31. The summed E-state index contributed by atoms with van der Waals surface area (Å²) in [5.74, 6) is 7.51. The molecule has 4 rings (SSSR count). The van der Waals surface area contributed by atoms with Crippen LogP contribution in [0.4, 0.5) is 22.1 Å². The maximum Gasteiger partial charge on any atom is 0.408 e. The van der Waals surface area contributed by atoms with E-state index >= 15 is 0 Å². The summed E-state index contributed by atoms with van der Waals surface area (Å²) in [6.07, 6.45) is 2.93. The number of aromatic hydroxyl groups is 1. The van der Waals surface area contributed by atoms with Crippen LogP contribution in [-0.2, 0) is 4.74 Å². The summed E-state index contributed by atoms with van der Waals surface area (Å²) in [5, 5.41) is 21.2. The van der Waals surface area contributed by atoms with E-state index in [1.165, 1.54) is 0 Å². The number of carbonyl (C=O) groups excluding carboxylic acids is 1. The molecule has 0 spiro atoms. The lowest BCUT2D eigenvalue weighted by molar-refractivity contribution is 0.0535.